The maximum absolute atomic E-state index is 4.24. The fourth-order valence-electron chi connectivity index (χ4n) is 1.77. The fraction of sp³-hybridized carbons (Fsp3) is 0.286. The minimum atomic E-state index is 0.514. The lowest BCUT2D eigenvalue weighted by Crippen LogP contribution is -2.04. The molecule has 0 amide bonds. The minimum Gasteiger partial charge on any atom is -0.379 e. The van der Waals surface area contributed by atoms with Crippen molar-refractivity contribution in [1.82, 2.24) is 9.97 Å². The first-order chi connectivity index (χ1) is 8.27. The second-order valence-corrected chi connectivity index (χ2v) is 4.29. The summed E-state index contributed by atoms with van der Waals surface area (Å²) < 4.78 is 0. The highest BCUT2D eigenvalue weighted by Crippen LogP contribution is 2.23. The van der Waals surface area contributed by atoms with Crippen LogP contribution < -0.4 is 5.32 Å². The van der Waals surface area contributed by atoms with E-state index in [0.29, 0.717) is 12.5 Å². The third kappa shape index (κ3) is 3.03. The first-order valence-corrected chi connectivity index (χ1v) is 5.85. The van der Waals surface area contributed by atoms with Gasteiger partial charge in [0, 0.05) is 18.1 Å². The third-order valence-corrected chi connectivity index (χ3v) is 2.66. The van der Waals surface area contributed by atoms with E-state index >= 15 is 0 Å². The number of benzene rings is 1. The summed E-state index contributed by atoms with van der Waals surface area (Å²) in [6.45, 7) is 5.10. The number of aromatic nitrogens is 2. The zero-order valence-corrected chi connectivity index (χ0v) is 10.2. The smallest absolute Gasteiger partial charge is 0.0777 e. The molecule has 0 atom stereocenters. The molecule has 0 saturated heterocycles. The molecule has 0 aliphatic rings. The van der Waals surface area contributed by atoms with Crippen LogP contribution in [0.4, 0.5) is 5.69 Å². The maximum Gasteiger partial charge on any atom is 0.0777 e. The zero-order valence-electron chi connectivity index (χ0n) is 10.2. The van der Waals surface area contributed by atoms with Crippen molar-refractivity contribution >= 4 is 5.69 Å². The number of nitrogens with one attached hydrogen (secondary N) is 1. The molecular formula is C14H17N3. The molecule has 2 rings (SSSR count). The molecule has 0 aliphatic carbocycles. The van der Waals surface area contributed by atoms with E-state index in [1.807, 2.05) is 6.07 Å². The standard InChI is InChI=1S/C14H17N3/c1-11(2)13-5-3-4-6-14(13)17-10-12-9-15-7-8-16-12/h3-9,11,17H,10H2,1-2H3. The third-order valence-electron chi connectivity index (χ3n) is 2.66. The molecule has 17 heavy (non-hydrogen) atoms. The number of rotatable bonds is 4. The Morgan fingerprint density at radius 3 is 2.71 bits per heavy atom. The number of anilines is 1. The van der Waals surface area contributed by atoms with Gasteiger partial charge < -0.3 is 5.32 Å². The summed E-state index contributed by atoms with van der Waals surface area (Å²) in [5, 5.41) is 3.41. The molecule has 1 aromatic heterocycles. The predicted molar refractivity (Wildman–Crippen MR) is 69.9 cm³/mol. The monoisotopic (exact) mass is 227 g/mol. The van der Waals surface area contributed by atoms with Crippen LogP contribution in [0.3, 0.4) is 0 Å². The molecule has 2 aromatic rings. The zero-order chi connectivity index (χ0) is 12.1. The van der Waals surface area contributed by atoms with Gasteiger partial charge in [-0.1, -0.05) is 32.0 Å². The van der Waals surface area contributed by atoms with Gasteiger partial charge in [0.1, 0.15) is 0 Å². The Balaban J connectivity index is 2.09. The van der Waals surface area contributed by atoms with Crippen LogP contribution in [0.5, 0.6) is 0 Å². The largest absolute Gasteiger partial charge is 0.379 e. The molecule has 1 N–H and O–H groups in total. The molecule has 0 spiro atoms. The van der Waals surface area contributed by atoms with Crippen molar-refractivity contribution in [3.63, 3.8) is 0 Å². The van der Waals surface area contributed by atoms with Crippen molar-refractivity contribution in [2.45, 2.75) is 26.3 Å². The van der Waals surface area contributed by atoms with E-state index in [1.54, 1.807) is 18.6 Å². The summed E-state index contributed by atoms with van der Waals surface area (Å²) in [6.07, 6.45) is 5.18. The first kappa shape index (κ1) is 11.6. The van der Waals surface area contributed by atoms with Crippen molar-refractivity contribution in [3.8, 4) is 0 Å². The molecule has 0 fully saturated rings. The van der Waals surface area contributed by atoms with E-state index in [9.17, 15) is 0 Å². The average molecular weight is 227 g/mol. The molecule has 0 radical (unpaired) electrons. The lowest BCUT2D eigenvalue weighted by Gasteiger charge is -2.14. The van der Waals surface area contributed by atoms with Crippen molar-refractivity contribution in [2.75, 3.05) is 5.32 Å². The Morgan fingerprint density at radius 1 is 1.18 bits per heavy atom. The van der Waals surface area contributed by atoms with E-state index in [1.165, 1.54) is 11.3 Å². The molecule has 0 bridgehead atoms. The molecule has 88 valence electrons. The molecule has 0 aliphatic heterocycles. The summed E-state index contributed by atoms with van der Waals surface area (Å²) in [7, 11) is 0. The van der Waals surface area contributed by atoms with E-state index < -0.39 is 0 Å². The van der Waals surface area contributed by atoms with Crippen LogP contribution in [-0.4, -0.2) is 9.97 Å². The lowest BCUT2D eigenvalue weighted by atomic mass is 10.0. The number of para-hydroxylation sites is 1. The Kier molecular flexibility index (Phi) is 3.70. The summed E-state index contributed by atoms with van der Waals surface area (Å²) in [5.41, 5.74) is 3.45. The number of nitrogens with zero attached hydrogens (tertiary/aromatic N) is 2. The second-order valence-electron chi connectivity index (χ2n) is 4.29. The van der Waals surface area contributed by atoms with Crippen LogP contribution in [0, 0.1) is 0 Å². The van der Waals surface area contributed by atoms with Gasteiger partial charge in [-0.3, -0.25) is 9.97 Å². The van der Waals surface area contributed by atoms with E-state index in [0.717, 1.165) is 5.69 Å². The van der Waals surface area contributed by atoms with Crippen LogP contribution in [-0.2, 0) is 6.54 Å². The normalized spacial score (nSPS) is 10.5. The van der Waals surface area contributed by atoms with Crippen LogP contribution in [0.25, 0.3) is 0 Å². The van der Waals surface area contributed by atoms with Crippen LogP contribution in [0.2, 0.25) is 0 Å². The van der Waals surface area contributed by atoms with Gasteiger partial charge in [-0.25, -0.2) is 0 Å². The van der Waals surface area contributed by atoms with Gasteiger partial charge in [-0.05, 0) is 17.5 Å². The Hall–Kier alpha value is -1.90. The van der Waals surface area contributed by atoms with Gasteiger partial charge in [-0.2, -0.15) is 0 Å². The molecule has 0 unspecified atom stereocenters. The average Bonchev–Trinajstić information content (AvgIpc) is 2.38. The lowest BCUT2D eigenvalue weighted by molar-refractivity contribution is 0.864. The molecule has 1 aromatic carbocycles. The highest BCUT2D eigenvalue weighted by Gasteiger charge is 2.05. The maximum atomic E-state index is 4.24. The summed E-state index contributed by atoms with van der Waals surface area (Å²) >= 11 is 0. The number of hydrogen-bond acceptors (Lipinski definition) is 3. The van der Waals surface area contributed by atoms with E-state index in [-0.39, 0.29) is 0 Å². The Bertz CT molecular complexity index is 466. The Labute approximate surface area is 102 Å². The SMILES string of the molecule is CC(C)c1ccccc1NCc1cnccn1. The Morgan fingerprint density at radius 2 is 2.00 bits per heavy atom. The molecule has 3 heteroatoms. The van der Waals surface area contributed by atoms with Gasteiger partial charge in [0.15, 0.2) is 0 Å². The molecule has 3 nitrogen and oxygen atoms in total. The molecule has 1 heterocycles. The van der Waals surface area contributed by atoms with Crippen molar-refractivity contribution in [2.24, 2.45) is 0 Å². The summed E-state index contributed by atoms with van der Waals surface area (Å²) in [4.78, 5) is 8.30. The fourth-order valence-corrected chi connectivity index (χ4v) is 1.77. The van der Waals surface area contributed by atoms with E-state index in [2.05, 4.69) is 47.3 Å². The van der Waals surface area contributed by atoms with Gasteiger partial charge in [0.05, 0.1) is 18.4 Å². The van der Waals surface area contributed by atoms with E-state index in [4.69, 9.17) is 0 Å². The predicted octanol–water partition coefficient (Wildman–Crippen LogP) is 3.21. The van der Waals surface area contributed by atoms with Crippen LogP contribution in [0.1, 0.15) is 31.0 Å². The highest BCUT2D eigenvalue weighted by molar-refractivity contribution is 5.52. The summed E-state index contributed by atoms with van der Waals surface area (Å²) in [6, 6.07) is 8.38. The van der Waals surface area contributed by atoms with Gasteiger partial charge in [-0.15, -0.1) is 0 Å². The minimum absolute atomic E-state index is 0.514. The molecule has 0 saturated carbocycles. The second kappa shape index (κ2) is 5.43. The van der Waals surface area contributed by atoms with Gasteiger partial charge >= 0.3 is 0 Å². The number of hydrogen-bond donors (Lipinski definition) is 1. The highest BCUT2D eigenvalue weighted by atomic mass is 14.9. The van der Waals surface area contributed by atoms with Gasteiger partial charge in [0.2, 0.25) is 0 Å². The van der Waals surface area contributed by atoms with Crippen molar-refractivity contribution in [1.29, 1.82) is 0 Å². The van der Waals surface area contributed by atoms with Crippen LogP contribution >= 0.6 is 0 Å². The first-order valence-electron chi connectivity index (χ1n) is 5.85. The van der Waals surface area contributed by atoms with Gasteiger partial charge in [0.25, 0.3) is 0 Å². The van der Waals surface area contributed by atoms with Crippen LogP contribution in [0.15, 0.2) is 42.9 Å². The molecular weight excluding hydrogens is 210 g/mol. The summed E-state index contributed by atoms with van der Waals surface area (Å²) in [5.74, 6) is 0.514. The quantitative estimate of drug-likeness (QED) is 0.871. The van der Waals surface area contributed by atoms with Crippen molar-refractivity contribution in [3.05, 3.63) is 54.1 Å². The van der Waals surface area contributed by atoms with Crippen molar-refractivity contribution < 1.29 is 0 Å². The topological polar surface area (TPSA) is 37.8 Å².